The van der Waals surface area contributed by atoms with Gasteiger partial charge in [-0.1, -0.05) is 6.08 Å². The lowest BCUT2D eigenvalue weighted by atomic mass is 9.97. The van der Waals surface area contributed by atoms with E-state index in [2.05, 4.69) is 31.6 Å². The number of allylic oxidation sites excluding steroid dienone is 1. The van der Waals surface area contributed by atoms with Crippen molar-refractivity contribution in [2.75, 3.05) is 0 Å². The van der Waals surface area contributed by atoms with E-state index >= 15 is 0 Å². The fourth-order valence-corrected chi connectivity index (χ4v) is 1.80. The van der Waals surface area contributed by atoms with Gasteiger partial charge in [-0.25, -0.2) is 0 Å². The molecule has 1 heterocycles. The Morgan fingerprint density at radius 2 is 2.50 bits per heavy atom. The Kier molecular flexibility index (Phi) is 1.80. The van der Waals surface area contributed by atoms with Crippen molar-refractivity contribution in [2.24, 2.45) is 16.2 Å². The van der Waals surface area contributed by atoms with Crippen LogP contribution in [-0.4, -0.2) is 10.7 Å². The molecule has 2 aliphatic rings. The predicted octanol–water partition coefficient (Wildman–Crippen LogP) is 1.50. The van der Waals surface area contributed by atoms with E-state index in [0.29, 0.717) is 5.70 Å². The molecule has 0 aromatic rings. The second-order valence-electron chi connectivity index (χ2n) is 2.66. The van der Waals surface area contributed by atoms with Gasteiger partial charge < -0.3 is 5.43 Å². The molecule has 2 unspecified atom stereocenters. The molecule has 0 aromatic heterocycles. The van der Waals surface area contributed by atoms with Crippen molar-refractivity contribution in [2.45, 2.75) is 6.04 Å². The number of halogens is 1. The summed E-state index contributed by atoms with van der Waals surface area (Å²) in [5.74, 6) is 0.127. The highest BCUT2D eigenvalue weighted by atomic mass is 79.9. The second kappa shape index (κ2) is 2.82. The van der Waals surface area contributed by atoms with Crippen molar-refractivity contribution in [3.63, 3.8) is 0 Å². The Morgan fingerprint density at radius 1 is 1.67 bits per heavy atom. The number of hydrazone groups is 1. The summed E-state index contributed by atoms with van der Waals surface area (Å²) in [6.07, 6.45) is 5.38. The van der Waals surface area contributed by atoms with Crippen molar-refractivity contribution < 1.29 is 0 Å². The zero-order chi connectivity index (χ0) is 8.55. The van der Waals surface area contributed by atoms with Gasteiger partial charge in [0, 0.05) is 0 Å². The fraction of sp³-hybridized carbons (Fsp3) is 0.286. The molecule has 2 atom stereocenters. The second-order valence-corrected chi connectivity index (χ2v) is 3.47. The normalized spacial score (nSPS) is 31.8. The minimum Gasteiger partial charge on any atom is -0.301 e. The molecule has 0 fully saturated rings. The van der Waals surface area contributed by atoms with E-state index in [0.717, 1.165) is 4.62 Å². The van der Waals surface area contributed by atoms with E-state index in [-0.39, 0.29) is 12.0 Å². The van der Waals surface area contributed by atoms with Crippen LogP contribution in [-0.2, 0) is 0 Å². The van der Waals surface area contributed by atoms with Crippen LogP contribution in [0.4, 0.5) is 0 Å². The van der Waals surface area contributed by atoms with Crippen LogP contribution >= 0.6 is 15.9 Å². The molecule has 4 nitrogen and oxygen atoms in total. The number of nitrogens with one attached hydrogen (secondary N) is 1. The molecule has 12 heavy (non-hydrogen) atoms. The molecule has 62 valence electrons. The first kappa shape index (κ1) is 7.67. The number of hydrogen-bond acceptors (Lipinski definition) is 4. The van der Waals surface area contributed by atoms with Crippen molar-refractivity contribution in [3.05, 3.63) is 28.8 Å². The maximum absolute atomic E-state index is 10.2. The van der Waals surface area contributed by atoms with Gasteiger partial charge in [0.05, 0.1) is 12.0 Å². The van der Waals surface area contributed by atoms with Gasteiger partial charge in [0.25, 0.3) is 0 Å². The number of fused-ring (bicyclic) bond motifs is 1. The third-order valence-electron chi connectivity index (χ3n) is 1.91. The highest BCUT2D eigenvalue weighted by molar-refractivity contribution is 9.18. The molecule has 0 radical (unpaired) electrons. The van der Waals surface area contributed by atoms with Crippen molar-refractivity contribution in [1.29, 1.82) is 0 Å². The molecule has 2 rings (SSSR count). The Labute approximate surface area is 77.5 Å². The van der Waals surface area contributed by atoms with Gasteiger partial charge in [-0.15, -0.1) is 4.91 Å². The number of rotatable bonds is 1. The average Bonchev–Trinajstić information content (AvgIpc) is 2.47. The molecule has 1 aliphatic heterocycles. The lowest BCUT2D eigenvalue weighted by molar-refractivity contribution is 0.618. The Hall–Kier alpha value is -0.970. The lowest BCUT2D eigenvalue weighted by Crippen LogP contribution is -2.26. The van der Waals surface area contributed by atoms with E-state index in [4.69, 9.17) is 0 Å². The SMILES string of the molecule is O=NC1=CC2C(Br)=NNC2C=C1. The highest BCUT2D eigenvalue weighted by Crippen LogP contribution is 2.25. The zero-order valence-corrected chi connectivity index (χ0v) is 7.65. The van der Waals surface area contributed by atoms with Gasteiger partial charge in [-0.05, 0) is 33.3 Å². The van der Waals surface area contributed by atoms with Gasteiger partial charge in [0.1, 0.15) is 10.3 Å². The Bertz CT molecular complexity index is 308. The largest absolute Gasteiger partial charge is 0.301 e. The molecular weight excluding hydrogens is 222 g/mol. The first-order valence-electron chi connectivity index (χ1n) is 3.53. The smallest absolute Gasteiger partial charge is 0.112 e. The number of nitrogens with zero attached hydrogens (tertiary/aromatic N) is 2. The van der Waals surface area contributed by atoms with Crippen molar-refractivity contribution in [3.8, 4) is 0 Å². The summed E-state index contributed by atoms with van der Waals surface area (Å²) < 4.78 is 0.818. The fourth-order valence-electron chi connectivity index (χ4n) is 1.28. The van der Waals surface area contributed by atoms with Crippen LogP contribution in [0.2, 0.25) is 0 Å². The quantitative estimate of drug-likeness (QED) is 0.691. The van der Waals surface area contributed by atoms with Crippen LogP contribution in [0.15, 0.2) is 34.2 Å². The highest BCUT2D eigenvalue weighted by Gasteiger charge is 2.29. The first-order chi connectivity index (χ1) is 5.81. The minimum absolute atomic E-state index is 0.127. The standard InChI is InChI=1S/C7H6BrN3O/c8-7-5-3-4(11-12)1-2-6(5)9-10-7/h1-3,5-6,9H. The Morgan fingerprint density at radius 3 is 3.25 bits per heavy atom. The van der Waals surface area contributed by atoms with Crippen molar-refractivity contribution in [1.82, 2.24) is 5.43 Å². The molecule has 0 spiro atoms. The molecule has 0 aromatic carbocycles. The van der Waals surface area contributed by atoms with Crippen molar-refractivity contribution >= 4 is 20.6 Å². The summed E-state index contributed by atoms with van der Waals surface area (Å²) in [4.78, 5) is 10.2. The summed E-state index contributed by atoms with van der Waals surface area (Å²) >= 11 is 3.30. The van der Waals surface area contributed by atoms with Crippen LogP contribution in [0.5, 0.6) is 0 Å². The predicted molar refractivity (Wildman–Crippen MR) is 49.8 cm³/mol. The average molecular weight is 228 g/mol. The molecular formula is C7H6BrN3O. The van der Waals surface area contributed by atoms with Crippen LogP contribution in [0.1, 0.15) is 0 Å². The van der Waals surface area contributed by atoms with Crippen LogP contribution < -0.4 is 5.43 Å². The molecule has 1 N–H and O–H groups in total. The van der Waals surface area contributed by atoms with Gasteiger partial charge >= 0.3 is 0 Å². The Balaban J connectivity index is 2.29. The monoisotopic (exact) mass is 227 g/mol. The van der Waals surface area contributed by atoms with Gasteiger partial charge in [0.2, 0.25) is 0 Å². The van der Waals surface area contributed by atoms with Gasteiger partial charge in [-0.2, -0.15) is 5.10 Å². The molecule has 0 bridgehead atoms. The number of nitroso groups, excluding NO2 is 1. The topological polar surface area (TPSA) is 53.8 Å². The van der Waals surface area contributed by atoms with E-state index in [1.165, 1.54) is 0 Å². The number of hydrogen-bond donors (Lipinski definition) is 1. The molecule has 0 amide bonds. The molecule has 0 saturated heterocycles. The third-order valence-corrected chi connectivity index (χ3v) is 2.62. The molecule has 0 saturated carbocycles. The van der Waals surface area contributed by atoms with Crippen LogP contribution in [0.3, 0.4) is 0 Å². The molecule has 1 aliphatic carbocycles. The van der Waals surface area contributed by atoms with Crippen LogP contribution in [0.25, 0.3) is 0 Å². The summed E-state index contributed by atoms with van der Waals surface area (Å²) in [5.41, 5.74) is 3.38. The van der Waals surface area contributed by atoms with E-state index in [9.17, 15) is 4.91 Å². The zero-order valence-electron chi connectivity index (χ0n) is 6.07. The lowest BCUT2D eigenvalue weighted by Gasteiger charge is -2.14. The summed E-state index contributed by atoms with van der Waals surface area (Å²) in [6, 6.07) is 0.171. The van der Waals surface area contributed by atoms with Crippen LogP contribution in [0, 0.1) is 10.8 Å². The van der Waals surface area contributed by atoms with Gasteiger partial charge in [-0.3, -0.25) is 0 Å². The summed E-state index contributed by atoms with van der Waals surface area (Å²) in [5, 5.41) is 6.86. The summed E-state index contributed by atoms with van der Waals surface area (Å²) in [6.45, 7) is 0. The van der Waals surface area contributed by atoms with E-state index in [1.807, 2.05) is 6.08 Å². The first-order valence-corrected chi connectivity index (χ1v) is 4.32. The summed E-state index contributed by atoms with van der Waals surface area (Å²) in [7, 11) is 0. The molecule has 5 heteroatoms. The maximum atomic E-state index is 10.2. The minimum atomic E-state index is 0.127. The van der Waals surface area contributed by atoms with Gasteiger partial charge in [0.15, 0.2) is 0 Å². The van der Waals surface area contributed by atoms with E-state index < -0.39 is 0 Å². The third kappa shape index (κ3) is 1.10. The maximum Gasteiger partial charge on any atom is 0.112 e. The van der Waals surface area contributed by atoms with E-state index in [1.54, 1.807) is 12.2 Å².